The molecular formula is C16H18N2O5. The number of Topliss-reactive ketones (excluding diaryl/α,β-unsaturated/α-hetero) is 1. The number of benzene rings is 1. The van der Waals surface area contributed by atoms with E-state index >= 15 is 0 Å². The van der Waals surface area contributed by atoms with Crippen LogP contribution in [0, 0.1) is 0 Å². The van der Waals surface area contributed by atoms with Crippen molar-refractivity contribution in [1.29, 1.82) is 0 Å². The van der Waals surface area contributed by atoms with E-state index in [0.29, 0.717) is 17.0 Å². The first kappa shape index (κ1) is 16.7. The number of amides is 3. The Bertz CT molecular complexity index is 667. The molecule has 1 atom stereocenters. The van der Waals surface area contributed by atoms with Crippen LogP contribution in [0.4, 0.5) is 5.69 Å². The number of likely N-dealkylation sites (tertiary alicyclic amines) is 1. The van der Waals surface area contributed by atoms with Crippen molar-refractivity contribution in [3.8, 4) is 5.75 Å². The maximum Gasteiger partial charge on any atom is 0.247 e. The van der Waals surface area contributed by atoms with Gasteiger partial charge < -0.3 is 10.1 Å². The summed E-state index contributed by atoms with van der Waals surface area (Å²) in [6.07, 6.45) is 0.249. The van der Waals surface area contributed by atoms with Crippen molar-refractivity contribution >= 4 is 29.2 Å². The lowest BCUT2D eigenvalue weighted by Gasteiger charge is -2.22. The van der Waals surface area contributed by atoms with Gasteiger partial charge in [-0.15, -0.1) is 0 Å². The molecule has 7 nitrogen and oxygen atoms in total. The molecule has 1 aliphatic heterocycles. The van der Waals surface area contributed by atoms with Crippen LogP contribution in [0.1, 0.15) is 37.0 Å². The van der Waals surface area contributed by atoms with Gasteiger partial charge in [-0.1, -0.05) is 0 Å². The number of carbonyl (C=O) groups is 4. The second-order valence-electron chi connectivity index (χ2n) is 5.29. The second kappa shape index (κ2) is 6.60. The number of hydrogen-bond acceptors (Lipinski definition) is 5. The van der Waals surface area contributed by atoms with Gasteiger partial charge >= 0.3 is 0 Å². The third-order valence-corrected chi connectivity index (χ3v) is 3.72. The molecule has 1 aromatic rings. The Morgan fingerprint density at radius 3 is 2.35 bits per heavy atom. The molecule has 0 aromatic heterocycles. The van der Waals surface area contributed by atoms with E-state index in [2.05, 4.69) is 5.32 Å². The lowest BCUT2D eigenvalue weighted by Crippen LogP contribution is -2.45. The average Bonchev–Trinajstić information content (AvgIpc) is 2.85. The predicted octanol–water partition coefficient (Wildman–Crippen LogP) is 1.37. The fourth-order valence-electron chi connectivity index (χ4n) is 2.40. The predicted molar refractivity (Wildman–Crippen MR) is 82.2 cm³/mol. The van der Waals surface area contributed by atoms with Gasteiger partial charge in [0, 0.05) is 18.4 Å². The summed E-state index contributed by atoms with van der Waals surface area (Å²) in [5, 5.41) is 2.61. The molecule has 2 rings (SSSR count). The Morgan fingerprint density at radius 1 is 1.22 bits per heavy atom. The summed E-state index contributed by atoms with van der Waals surface area (Å²) in [5.74, 6) is -1.01. The van der Waals surface area contributed by atoms with Crippen LogP contribution in [0.3, 0.4) is 0 Å². The van der Waals surface area contributed by atoms with Gasteiger partial charge in [0.1, 0.15) is 11.8 Å². The Balaban J connectivity index is 2.22. The maximum absolute atomic E-state index is 12.3. The largest absolute Gasteiger partial charge is 0.495 e. The third kappa shape index (κ3) is 3.39. The Hall–Kier alpha value is -2.70. The molecule has 1 aliphatic rings. The zero-order valence-electron chi connectivity index (χ0n) is 13.2. The summed E-state index contributed by atoms with van der Waals surface area (Å²) >= 11 is 0. The van der Waals surface area contributed by atoms with E-state index in [4.69, 9.17) is 4.74 Å². The molecule has 0 unspecified atom stereocenters. The van der Waals surface area contributed by atoms with Crippen LogP contribution in [0.5, 0.6) is 5.75 Å². The first-order chi connectivity index (χ1) is 10.8. The van der Waals surface area contributed by atoms with E-state index in [0.717, 1.165) is 4.90 Å². The number of ether oxygens (including phenoxy) is 1. The number of imide groups is 1. The Morgan fingerprint density at radius 2 is 1.83 bits per heavy atom. The first-order valence-electron chi connectivity index (χ1n) is 7.20. The normalized spacial score (nSPS) is 15.5. The number of hydrogen-bond donors (Lipinski definition) is 1. The number of carbonyl (C=O) groups excluding carboxylic acids is 4. The molecule has 0 bridgehead atoms. The summed E-state index contributed by atoms with van der Waals surface area (Å²) in [6, 6.07) is 3.74. The van der Waals surface area contributed by atoms with E-state index in [1.165, 1.54) is 27.0 Å². The minimum Gasteiger partial charge on any atom is -0.495 e. The molecule has 1 fully saturated rings. The monoisotopic (exact) mass is 318 g/mol. The maximum atomic E-state index is 12.3. The minimum atomic E-state index is -0.928. The molecule has 1 heterocycles. The Labute approximate surface area is 133 Å². The number of ketones is 1. The molecule has 3 amide bonds. The lowest BCUT2D eigenvalue weighted by atomic mass is 10.1. The first-order valence-corrected chi connectivity index (χ1v) is 7.20. The summed E-state index contributed by atoms with van der Waals surface area (Å²) < 4.78 is 5.15. The topological polar surface area (TPSA) is 92.8 Å². The van der Waals surface area contributed by atoms with Gasteiger partial charge in [0.15, 0.2) is 5.78 Å². The number of methoxy groups -OCH3 is 1. The van der Waals surface area contributed by atoms with Crippen LogP contribution in [0.2, 0.25) is 0 Å². The standard InChI is InChI=1S/C16H18N2O5/c1-9(18-14(20)6-7-15(18)21)16(22)17-12-8-11(10(2)19)4-5-13(12)23-3/h4-5,8-9H,6-7H2,1-3H3,(H,17,22)/t9-/m0/s1. The van der Waals surface area contributed by atoms with Crippen LogP contribution < -0.4 is 10.1 Å². The molecule has 23 heavy (non-hydrogen) atoms. The van der Waals surface area contributed by atoms with Gasteiger partial charge in [-0.2, -0.15) is 0 Å². The van der Waals surface area contributed by atoms with Crippen LogP contribution in [0.15, 0.2) is 18.2 Å². The summed E-state index contributed by atoms with van der Waals surface area (Å²) in [6.45, 7) is 2.90. The molecule has 1 aromatic carbocycles. The molecule has 0 saturated carbocycles. The van der Waals surface area contributed by atoms with Crippen molar-refractivity contribution in [2.45, 2.75) is 32.7 Å². The van der Waals surface area contributed by atoms with Crippen LogP contribution >= 0.6 is 0 Å². The van der Waals surface area contributed by atoms with Crippen molar-refractivity contribution in [2.24, 2.45) is 0 Å². The summed E-state index contributed by atoms with van der Waals surface area (Å²) in [7, 11) is 1.44. The summed E-state index contributed by atoms with van der Waals surface area (Å²) in [4.78, 5) is 48.2. The minimum absolute atomic E-state index is 0.125. The van der Waals surface area contributed by atoms with Gasteiger partial charge in [0.25, 0.3) is 0 Å². The average molecular weight is 318 g/mol. The van der Waals surface area contributed by atoms with E-state index in [-0.39, 0.29) is 30.4 Å². The highest BCUT2D eigenvalue weighted by molar-refractivity contribution is 6.08. The third-order valence-electron chi connectivity index (χ3n) is 3.72. The van der Waals surface area contributed by atoms with Crippen molar-refractivity contribution in [2.75, 3.05) is 12.4 Å². The molecule has 1 N–H and O–H groups in total. The number of nitrogens with one attached hydrogen (secondary N) is 1. The SMILES string of the molecule is COc1ccc(C(C)=O)cc1NC(=O)[C@H](C)N1C(=O)CCC1=O. The molecule has 0 spiro atoms. The second-order valence-corrected chi connectivity index (χ2v) is 5.29. The highest BCUT2D eigenvalue weighted by Gasteiger charge is 2.36. The van der Waals surface area contributed by atoms with Crippen molar-refractivity contribution < 1.29 is 23.9 Å². The molecule has 0 aliphatic carbocycles. The molecular weight excluding hydrogens is 300 g/mol. The zero-order chi connectivity index (χ0) is 17.1. The highest BCUT2D eigenvalue weighted by Crippen LogP contribution is 2.26. The molecule has 0 radical (unpaired) electrons. The number of rotatable bonds is 5. The Kier molecular flexibility index (Phi) is 4.78. The summed E-state index contributed by atoms with van der Waals surface area (Å²) in [5.41, 5.74) is 0.734. The van der Waals surface area contributed by atoms with Crippen molar-refractivity contribution in [3.05, 3.63) is 23.8 Å². The number of nitrogens with zero attached hydrogens (tertiary/aromatic N) is 1. The van der Waals surface area contributed by atoms with Gasteiger partial charge in [-0.3, -0.25) is 24.1 Å². The van der Waals surface area contributed by atoms with E-state index in [1.807, 2.05) is 0 Å². The molecule has 1 saturated heterocycles. The van der Waals surface area contributed by atoms with E-state index in [9.17, 15) is 19.2 Å². The van der Waals surface area contributed by atoms with Gasteiger partial charge in [-0.25, -0.2) is 0 Å². The van der Waals surface area contributed by atoms with Crippen LogP contribution in [-0.4, -0.2) is 41.6 Å². The fourth-order valence-corrected chi connectivity index (χ4v) is 2.40. The van der Waals surface area contributed by atoms with E-state index < -0.39 is 11.9 Å². The highest BCUT2D eigenvalue weighted by atomic mass is 16.5. The van der Waals surface area contributed by atoms with Gasteiger partial charge in [0.05, 0.1) is 12.8 Å². The zero-order valence-corrected chi connectivity index (χ0v) is 13.2. The van der Waals surface area contributed by atoms with Gasteiger partial charge in [-0.05, 0) is 32.0 Å². The van der Waals surface area contributed by atoms with Crippen LogP contribution in [-0.2, 0) is 14.4 Å². The smallest absolute Gasteiger partial charge is 0.247 e. The van der Waals surface area contributed by atoms with E-state index in [1.54, 1.807) is 12.1 Å². The van der Waals surface area contributed by atoms with Crippen molar-refractivity contribution in [1.82, 2.24) is 4.90 Å². The van der Waals surface area contributed by atoms with Crippen LogP contribution in [0.25, 0.3) is 0 Å². The van der Waals surface area contributed by atoms with Gasteiger partial charge in [0.2, 0.25) is 17.7 Å². The lowest BCUT2D eigenvalue weighted by molar-refractivity contribution is -0.144. The fraction of sp³-hybridized carbons (Fsp3) is 0.375. The number of anilines is 1. The molecule has 122 valence electrons. The molecule has 7 heteroatoms. The van der Waals surface area contributed by atoms with Crippen molar-refractivity contribution in [3.63, 3.8) is 0 Å². The quantitative estimate of drug-likeness (QED) is 0.654.